The predicted molar refractivity (Wildman–Crippen MR) is 132 cm³/mol. The fraction of sp³-hybridized carbons (Fsp3) is 0.0833. The molecule has 180 valence electrons. The number of halogens is 2. The number of carbonyl (C=O) groups is 1. The Hall–Kier alpha value is -4.58. The number of hydrogen-bond donors (Lipinski definition) is 3. The Morgan fingerprint density at radius 2 is 1.81 bits per heavy atom. The van der Waals surface area contributed by atoms with E-state index in [0.717, 1.165) is 33.0 Å². The number of nitrogens with one attached hydrogen (secondary N) is 2. The highest BCUT2D eigenvalue weighted by Crippen LogP contribution is 2.30. The smallest absolute Gasteiger partial charge is 0.273 e. The van der Waals surface area contributed by atoms with Gasteiger partial charge in [-0.3, -0.25) is 9.78 Å². The van der Waals surface area contributed by atoms with E-state index in [1.807, 2.05) is 18.2 Å². The molecular formula is C24H18F2N8OS. The molecule has 4 aromatic heterocycles. The van der Waals surface area contributed by atoms with Crippen LogP contribution in [0.5, 0.6) is 0 Å². The van der Waals surface area contributed by atoms with E-state index in [4.69, 9.17) is 5.73 Å². The summed E-state index contributed by atoms with van der Waals surface area (Å²) >= 11 is 1.52. The van der Waals surface area contributed by atoms with Crippen molar-refractivity contribution in [2.24, 2.45) is 0 Å². The highest BCUT2D eigenvalue weighted by atomic mass is 32.1. The number of benzene rings is 1. The number of hydrogen-bond acceptors (Lipinski definition) is 9. The van der Waals surface area contributed by atoms with E-state index < -0.39 is 17.5 Å². The van der Waals surface area contributed by atoms with E-state index in [1.54, 1.807) is 6.20 Å². The monoisotopic (exact) mass is 504 g/mol. The van der Waals surface area contributed by atoms with Gasteiger partial charge in [0.25, 0.3) is 5.91 Å². The lowest BCUT2D eigenvalue weighted by molar-refractivity contribution is 0.0946. The Morgan fingerprint density at radius 3 is 2.67 bits per heavy atom. The minimum absolute atomic E-state index is 0.00858. The fourth-order valence-corrected chi connectivity index (χ4v) is 4.36. The summed E-state index contributed by atoms with van der Waals surface area (Å²) in [5, 5.41) is 6.51. The molecule has 5 aromatic rings. The Kier molecular flexibility index (Phi) is 6.41. The SMILES string of the molecule is Nc1ncnc2cnc(-c3ccc(CNc4nccnc4C(=O)NCc4ccc(F)c(F)c4)s3)cc12. The van der Waals surface area contributed by atoms with Crippen LogP contribution in [0.15, 0.2) is 61.3 Å². The Labute approximate surface area is 207 Å². The van der Waals surface area contributed by atoms with Crippen molar-refractivity contribution in [3.8, 4) is 10.6 Å². The summed E-state index contributed by atoms with van der Waals surface area (Å²) in [7, 11) is 0. The number of anilines is 2. The number of pyridine rings is 1. The van der Waals surface area contributed by atoms with E-state index >= 15 is 0 Å². The number of nitrogens with zero attached hydrogens (tertiary/aromatic N) is 5. The summed E-state index contributed by atoms with van der Waals surface area (Å²) in [5.74, 6) is -1.74. The van der Waals surface area contributed by atoms with Gasteiger partial charge in [-0.2, -0.15) is 0 Å². The van der Waals surface area contributed by atoms with Crippen molar-refractivity contribution in [3.63, 3.8) is 0 Å². The zero-order chi connectivity index (χ0) is 25.1. The Bertz CT molecular complexity index is 1580. The lowest BCUT2D eigenvalue weighted by Crippen LogP contribution is -2.25. The summed E-state index contributed by atoms with van der Waals surface area (Å²) in [6, 6.07) is 9.19. The molecule has 1 aromatic carbocycles. The molecule has 0 saturated carbocycles. The van der Waals surface area contributed by atoms with Crippen molar-refractivity contribution in [3.05, 3.63) is 89.1 Å². The molecule has 0 atom stereocenters. The molecule has 0 unspecified atom stereocenters. The lowest BCUT2D eigenvalue weighted by Gasteiger charge is -2.10. The number of amides is 1. The van der Waals surface area contributed by atoms with Gasteiger partial charge in [0.2, 0.25) is 0 Å². The van der Waals surface area contributed by atoms with Crippen LogP contribution in [0.25, 0.3) is 21.5 Å². The molecule has 0 saturated heterocycles. The second-order valence-electron chi connectivity index (χ2n) is 7.65. The van der Waals surface area contributed by atoms with Crippen LogP contribution in [0.1, 0.15) is 20.9 Å². The standard InChI is InChI=1S/C24H18F2N8OS/c25-16-3-1-13(7-17(16)26)9-32-24(35)21-23(29-6-5-28-21)31-10-14-2-4-20(36-14)18-8-15-19(11-30-18)33-12-34-22(15)27/h1-8,11-12H,9-10H2,(H,29,31)(H,32,35)(H2,27,33,34). The molecule has 0 fully saturated rings. The molecule has 0 aliphatic rings. The topological polar surface area (TPSA) is 132 Å². The van der Waals surface area contributed by atoms with Gasteiger partial charge in [0, 0.05) is 29.2 Å². The second-order valence-corrected chi connectivity index (χ2v) is 8.82. The van der Waals surface area contributed by atoms with Gasteiger partial charge in [0.1, 0.15) is 12.1 Å². The van der Waals surface area contributed by atoms with Gasteiger partial charge >= 0.3 is 0 Å². The molecular weight excluding hydrogens is 486 g/mol. The second kappa shape index (κ2) is 9.96. The number of nitrogens with two attached hydrogens (primary N) is 1. The molecule has 0 aliphatic heterocycles. The van der Waals surface area contributed by atoms with Crippen LogP contribution >= 0.6 is 11.3 Å². The minimum Gasteiger partial charge on any atom is -0.383 e. The Balaban J connectivity index is 1.26. The van der Waals surface area contributed by atoms with Crippen LogP contribution in [0, 0.1) is 11.6 Å². The first-order chi connectivity index (χ1) is 17.5. The molecule has 1 amide bonds. The van der Waals surface area contributed by atoms with Crippen molar-refractivity contribution < 1.29 is 13.6 Å². The van der Waals surface area contributed by atoms with Crippen LogP contribution in [0.3, 0.4) is 0 Å². The molecule has 36 heavy (non-hydrogen) atoms. The van der Waals surface area contributed by atoms with Crippen LogP contribution in [0.4, 0.5) is 20.4 Å². The number of fused-ring (bicyclic) bond motifs is 1. The number of rotatable bonds is 7. The van der Waals surface area contributed by atoms with Gasteiger partial charge in [0.15, 0.2) is 23.1 Å². The number of carbonyl (C=O) groups excluding carboxylic acids is 1. The van der Waals surface area contributed by atoms with E-state index in [0.29, 0.717) is 29.3 Å². The van der Waals surface area contributed by atoms with Gasteiger partial charge in [-0.05, 0) is 35.9 Å². The third kappa shape index (κ3) is 4.93. The van der Waals surface area contributed by atoms with Gasteiger partial charge in [-0.1, -0.05) is 6.07 Å². The molecule has 0 bridgehead atoms. The maximum absolute atomic E-state index is 13.4. The average Bonchev–Trinajstić information content (AvgIpc) is 3.37. The predicted octanol–water partition coefficient (Wildman–Crippen LogP) is 3.95. The number of thiophene rings is 1. The zero-order valence-corrected chi connectivity index (χ0v) is 19.4. The molecule has 12 heteroatoms. The third-order valence-electron chi connectivity index (χ3n) is 5.25. The van der Waals surface area contributed by atoms with E-state index in [-0.39, 0.29) is 12.2 Å². The summed E-state index contributed by atoms with van der Waals surface area (Å²) in [6.45, 7) is 0.403. The van der Waals surface area contributed by atoms with E-state index in [1.165, 1.54) is 36.1 Å². The quantitative estimate of drug-likeness (QED) is 0.304. The first kappa shape index (κ1) is 23.2. The van der Waals surface area contributed by atoms with E-state index in [9.17, 15) is 13.6 Å². The summed E-state index contributed by atoms with van der Waals surface area (Å²) in [6.07, 6.45) is 5.93. The zero-order valence-electron chi connectivity index (χ0n) is 18.6. The summed E-state index contributed by atoms with van der Waals surface area (Å²) in [4.78, 5) is 35.6. The first-order valence-electron chi connectivity index (χ1n) is 10.7. The van der Waals surface area contributed by atoms with Gasteiger partial charge in [0.05, 0.1) is 28.8 Å². The maximum Gasteiger partial charge on any atom is 0.273 e. The molecule has 4 heterocycles. The molecule has 0 aliphatic carbocycles. The maximum atomic E-state index is 13.4. The fourth-order valence-electron chi connectivity index (χ4n) is 3.44. The molecule has 0 spiro atoms. The lowest BCUT2D eigenvalue weighted by atomic mass is 10.2. The van der Waals surface area contributed by atoms with Crippen LogP contribution in [0.2, 0.25) is 0 Å². The van der Waals surface area contributed by atoms with Crippen molar-refractivity contribution in [1.29, 1.82) is 0 Å². The van der Waals surface area contributed by atoms with Gasteiger partial charge in [-0.15, -0.1) is 11.3 Å². The molecule has 5 rings (SSSR count). The molecule has 0 radical (unpaired) electrons. The van der Waals surface area contributed by atoms with Gasteiger partial charge < -0.3 is 16.4 Å². The van der Waals surface area contributed by atoms with E-state index in [2.05, 4.69) is 35.6 Å². The summed E-state index contributed by atoms with van der Waals surface area (Å²) in [5.41, 5.74) is 7.89. The van der Waals surface area contributed by atoms with Crippen molar-refractivity contribution in [1.82, 2.24) is 30.2 Å². The Morgan fingerprint density at radius 1 is 0.944 bits per heavy atom. The highest BCUT2D eigenvalue weighted by molar-refractivity contribution is 7.15. The normalized spacial score (nSPS) is 10.9. The number of nitrogen functional groups attached to an aromatic ring is 1. The van der Waals surface area contributed by atoms with Crippen LogP contribution < -0.4 is 16.4 Å². The molecule has 9 nitrogen and oxygen atoms in total. The van der Waals surface area contributed by atoms with Crippen molar-refractivity contribution >= 4 is 39.8 Å². The third-order valence-corrected chi connectivity index (χ3v) is 6.35. The van der Waals surface area contributed by atoms with Gasteiger partial charge in [-0.25, -0.2) is 28.7 Å². The summed E-state index contributed by atoms with van der Waals surface area (Å²) < 4.78 is 26.5. The average molecular weight is 505 g/mol. The number of aromatic nitrogens is 5. The highest BCUT2D eigenvalue weighted by Gasteiger charge is 2.15. The van der Waals surface area contributed by atoms with Crippen LogP contribution in [-0.2, 0) is 13.1 Å². The largest absolute Gasteiger partial charge is 0.383 e. The molecule has 4 N–H and O–H groups in total. The minimum atomic E-state index is -0.977. The van der Waals surface area contributed by atoms with Crippen molar-refractivity contribution in [2.75, 3.05) is 11.1 Å². The van der Waals surface area contributed by atoms with Crippen molar-refractivity contribution in [2.45, 2.75) is 13.1 Å². The first-order valence-corrected chi connectivity index (χ1v) is 11.5. The van der Waals surface area contributed by atoms with Crippen LogP contribution in [-0.4, -0.2) is 30.8 Å².